The van der Waals surface area contributed by atoms with E-state index in [-0.39, 0.29) is 17.1 Å². The van der Waals surface area contributed by atoms with Crippen LogP contribution in [0.25, 0.3) is 20.5 Å². The quantitative estimate of drug-likeness (QED) is 0.0876. The van der Waals surface area contributed by atoms with Crippen LogP contribution in [0.2, 0.25) is 0 Å². The van der Waals surface area contributed by atoms with Crippen LogP contribution >= 0.6 is 11.3 Å². The summed E-state index contributed by atoms with van der Waals surface area (Å²) in [5, 5.41) is 40.6. The summed E-state index contributed by atoms with van der Waals surface area (Å²) in [6, 6.07) is 18.5. The van der Waals surface area contributed by atoms with Gasteiger partial charge in [-0.25, -0.2) is 19.2 Å². The van der Waals surface area contributed by atoms with Crippen molar-refractivity contribution in [1.29, 1.82) is 0 Å². The fraction of sp³-hybridized carbons (Fsp3) is 0.375. The molecule has 0 amide bonds. The summed E-state index contributed by atoms with van der Waals surface area (Å²) in [4.78, 5) is 56.4. The third-order valence-corrected chi connectivity index (χ3v) is 10.4. The first-order valence-corrected chi connectivity index (χ1v) is 18.7. The van der Waals surface area contributed by atoms with Crippen LogP contribution in [0.15, 0.2) is 60.7 Å². The largest absolute Gasteiger partial charge is 0.508 e. The number of nitrogens with zero attached hydrogens (tertiary/aromatic N) is 2. The molecule has 0 atom stereocenters. The molecule has 300 valence electrons. The zero-order chi connectivity index (χ0) is 41.0. The predicted molar refractivity (Wildman–Crippen MR) is 207 cm³/mol. The fourth-order valence-corrected chi connectivity index (χ4v) is 7.49. The summed E-state index contributed by atoms with van der Waals surface area (Å²) in [6.07, 6.45) is 4.98. The van der Waals surface area contributed by atoms with Crippen molar-refractivity contribution in [2.75, 3.05) is 53.0 Å². The number of hydrogen-bond acceptors (Lipinski definition) is 12. The van der Waals surface area contributed by atoms with Gasteiger partial charge in [0.1, 0.15) is 24.7 Å². The lowest BCUT2D eigenvalue weighted by molar-refractivity contribution is -0.159. The molecule has 5 N–H and O–H groups in total. The van der Waals surface area contributed by atoms with Crippen LogP contribution in [-0.2, 0) is 19.2 Å². The number of methoxy groups -OCH3 is 1. The summed E-state index contributed by atoms with van der Waals surface area (Å²) in [6.45, 7) is 11.0. The van der Waals surface area contributed by atoms with Gasteiger partial charge in [-0.15, -0.1) is 11.3 Å². The molecule has 4 aromatic rings. The Balaban J connectivity index is 0.000000505. The van der Waals surface area contributed by atoms with E-state index < -0.39 is 23.9 Å². The smallest absolute Gasteiger partial charge is 0.414 e. The number of aromatic hydroxyl groups is 1. The van der Waals surface area contributed by atoms with E-state index in [1.807, 2.05) is 42.5 Å². The second-order valence-electron chi connectivity index (χ2n) is 13.6. The molecule has 0 saturated carbocycles. The Morgan fingerprint density at radius 2 is 1.32 bits per heavy atom. The third-order valence-electron chi connectivity index (χ3n) is 9.23. The van der Waals surface area contributed by atoms with Crippen LogP contribution in [0, 0.1) is 0 Å². The first kappa shape index (κ1) is 43.0. The molecule has 0 radical (unpaired) electrons. The molecule has 2 aliphatic rings. The number of carbonyl (C=O) groups is 5. The number of thiophene rings is 1. The van der Waals surface area contributed by atoms with E-state index >= 15 is 0 Å². The zero-order valence-electron chi connectivity index (χ0n) is 31.4. The molecule has 2 aliphatic heterocycles. The molecular formula is C40H46N2O13S. The average molecular weight is 795 g/mol. The minimum Gasteiger partial charge on any atom is -0.508 e. The molecule has 3 heterocycles. The minimum absolute atomic E-state index is 0.0967. The van der Waals surface area contributed by atoms with Gasteiger partial charge in [0.05, 0.1) is 7.11 Å². The number of carboxylic acid groups (broad SMARTS) is 4. The maximum absolute atomic E-state index is 14.2. The highest BCUT2D eigenvalue weighted by Gasteiger charge is 2.30. The van der Waals surface area contributed by atoms with Crippen molar-refractivity contribution >= 4 is 51.1 Å². The number of phenols is 1. The highest BCUT2D eigenvalue weighted by atomic mass is 32.1. The number of carbonyl (C=O) groups excluding carboxylic acids is 1. The van der Waals surface area contributed by atoms with Gasteiger partial charge in [0.2, 0.25) is 0 Å². The van der Waals surface area contributed by atoms with Gasteiger partial charge >= 0.3 is 23.9 Å². The molecule has 1 aromatic heterocycles. The Morgan fingerprint density at radius 3 is 1.89 bits per heavy atom. The maximum atomic E-state index is 14.2. The van der Waals surface area contributed by atoms with Gasteiger partial charge in [-0.2, -0.15) is 0 Å². The van der Waals surface area contributed by atoms with E-state index in [1.165, 1.54) is 37.0 Å². The number of carboxylic acids is 4. The Morgan fingerprint density at radius 1 is 0.732 bits per heavy atom. The number of ether oxygens (including phenoxy) is 3. The molecule has 2 saturated heterocycles. The fourth-order valence-electron chi connectivity index (χ4n) is 6.26. The number of rotatable bonds is 12. The van der Waals surface area contributed by atoms with Crippen molar-refractivity contribution in [3.05, 3.63) is 71.8 Å². The van der Waals surface area contributed by atoms with Crippen LogP contribution in [0.1, 0.15) is 55.5 Å². The molecular weight excluding hydrogens is 749 g/mol. The predicted octanol–water partition coefficient (Wildman–Crippen LogP) is 5.55. The van der Waals surface area contributed by atoms with Gasteiger partial charge in [0, 0.05) is 38.2 Å². The van der Waals surface area contributed by atoms with Gasteiger partial charge in [0.25, 0.3) is 0 Å². The van der Waals surface area contributed by atoms with Gasteiger partial charge in [-0.05, 0) is 132 Å². The van der Waals surface area contributed by atoms with Crippen molar-refractivity contribution in [2.24, 2.45) is 0 Å². The van der Waals surface area contributed by atoms with Crippen molar-refractivity contribution < 1.29 is 63.7 Å². The third kappa shape index (κ3) is 11.6. The van der Waals surface area contributed by atoms with Crippen LogP contribution in [-0.4, -0.2) is 124 Å². The molecule has 16 heteroatoms. The molecule has 6 rings (SSSR count). The summed E-state index contributed by atoms with van der Waals surface area (Å²) in [5.41, 5.74) is 1.96. The second kappa shape index (κ2) is 19.7. The number of benzene rings is 3. The lowest BCUT2D eigenvalue weighted by Gasteiger charge is -2.35. The molecule has 0 aliphatic carbocycles. The summed E-state index contributed by atoms with van der Waals surface area (Å²) >= 11 is 1.50. The van der Waals surface area contributed by atoms with E-state index in [9.17, 15) is 9.90 Å². The van der Waals surface area contributed by atoms with Gasteiger partial charge in [-0.1, -0.05) is 0 Å². The van der Waals surface area contributed by atoms with E-state index in [0.717, 1.165) is 59.0 Å². The van der Waals surface area contributed by atoms with Crippen molar-refractivity contribution in [2.45, 2.75) is 45.1 Å². The summed E-state index contributed by atoms with van der Waals surface area (Å²) in [7, 11) is 1.60. The lowest BCUT2D eigenvalue weighted by atomic mass is 9.97. The lowest BCUT2D eigenvalue weighted by Crippen LogP contribution is -2.46. The van der Waals surface area contributed by atoms with Crippen LogP contribution in [0.5, 0.6) is 23.0 Å². The van der Waals surface area contributed by atoms with Gasteiger partial charge in [0.15, 0.2) is 17.3 Å². The molecule has 56 heavy (non-hydrogen) atoms. The monoisotopic (exact) mass is 794 g/mol. The van der Waals surface area contributed by atoms with Crippen molar-refractivity contribution in [3.8, 4) is 33.4 Å². The summed E-state index contributed by atoms with van der Waals surface area (Å²) < 4.78 is 18.8. The molecule has 3 aromatic carbocycles. The van der Waals surface area contributed by atoms with Crippen LogP contribution < -0.4 is 14.2 Å². The topological polar surface area (TPSA) is 221 Å². The molecule has 2 fully saturated rings. The Hall–Kier alpha value is -5.71. The van der Waals surface area contributed by atoms with E-state index in [0.29, 0.717) is 35.8 Å². The molecule has 0 spiro atoms. The van der Waals surface area contributed by atoms with E-state index in [4.69, 9.17) is 53.8 Å². The number of fused-ring (bicyclic) bond motifs is 1. The van der Waals surface area contributed by atoms with Crippen molar-refractivity contribution in [3.63, 3.8) is 0 Å². The molecule has 15 nitrogen and oxygen atoms in total. The number of aliphatic carboxylic acids is 4. The maximum Gasteiger partial charge on any atom is 0.414 e. The molecule has 0 unspecified atom stereocenters. The zero-order valence-corrected chi connectivity index (χ0v) is 32.2. The van der Waals surface area contributed by atoms with E-state index in [1.54, 1.807) is 25.3 Å². The van der Waals surface area contributed by atoms with Crippen LogP contribution in [0.3, 0.4) is 0 Å². The van der Waals surface area contributed by atoms with Crippen molar-refractivity contribution in [1.82, 2.24) is 9.80 Å². The van der Waals surface area contributed by atoms with Gasteiger partial charge < -0.3 is 39.7 Å². The number of phenolic OH excluding ortho intramolecular Hbond substituents is 1. The SMILES string of the molecule is COc1cc(C(=O)c2c(-c3ccc(OCCN4CCCC4)cc3)sc3cc(O)ccc23)ccc1OCC(C)(C)N1CCCC1.O=C(O)C(=O)O.O=C(O)C(=O)O. The first-order chi connectivity index (χ1) is 26.6. The first-order valence-electron chi connectivity index (χ1n) is 17.9. The summed E-state index contributed by atoms with van der Waals surface area (Å²) in [5.74, 6) is -5.27. The number of likely N-dealkylation sites (tertiary alicyclic amines) is 2. The Kier molecular flexibility index (Phi) is 15.2. The average Bonchev–Trinajstić information content (AvgIpc) is 3.97. The minimum atomic E-state index is -1.82. The van der Waals surface area contributed by atoms with Gasteiger partial charge in [-0.3, -0.25) is 14.6 Å². The standard InChI is InChI=1S/C36H42N2O5S.2C2H2O4/c1-36(2,38-18-6-7-19-38)24-43-30-15-10-26(22-31(30)41-3)34(40)33-29-14-11-27(39)23-32(29)44-35(33)25-8-12-28(13-9-25)42-21-20-37-16-4-5-17-37;2*3-1(4)2(5)6/h8-15,22-23,39H,4-7,16-21,24H2,1-3H3;2*(H,3,4)(H,5,6). The highest BCUT2D eigenvalue weighted by molar-refractivity contribution is 7.22. The number of ketones is 1. The highest BCUT2D eigenvalue weighted by Crippen LogP contribution is 2.42. The number of hydrogen-bond donors (Lipinski definition) is 5. The second-order valence-corrected chi connectivity index (χ2v) is 14.7. The van der Waals surface area contributed by atoms with E-state index in [2.05, 4.69) is 23.6 Å². The Bertz CT molecular complexity index is 1970. The normalized spacial score (nSPS) is 14.2. The molecule has 0 bridgehead atoms. The Labute approximate surface area is 327 Å². The van der Waals surface area contributed by atoms with Crippen LogP contribution in [0.4, 0.5) is 0 Å².